The highest BCUT2D eigenvalue weighted by molar-refractivity contribution is 4.96. The second-order valence-corrected chi connectivity index (χ2v) is 6.36. The van der Waals surface area contributed by atoms with Crippen molar-refractivity contribution in [3.63, 3.8) is 0 Å². The fourth-order valence-electron chi connectivity index (χ4n) is 3.09. The zero-order chi connectivity index (χ0) is 11.6. The molecule has 94 valence electrons. The van der Waals surface area contributed by atoms with Crippen LogP contribution < -0.4 is 5.32 Å². The summed E-state index contributed by atoms with van der Waals surface area (Å²) in [7, 11) is 0. The molecule has 2 aliphatic rings. The first-order chi connectivity index (χ1) is 7.65. The van der Waals surface area contributed by atoms with Gasteiger partial charge in [-0.2, -0.15) is 0 Å². The Balaban J connectivity index is 1.76. The number of nitrogens with one attached hydrogen (secondary N) is 1. The number of rotatable bonds is 5. The summed E-state index contributed by atoms with van der Waals surface area (Å²) in [6, 6.07) is 0.722. The first kappa shape index (κ1) is 12.4. The molecule has 0 spiro atoms. The highest BCUT2D eigenvalue weighted by Gasteiger charge is 2.42. The van der Waals surface area contributed by atoms with Gasteiger partial charge in [0.05, 0.1) is 0 Å². The van der Waals surface area contributed by atoms with E-state index >= 15 is 0 Å². The van der Waals surface area contributed by atoms with E-state index in [1.807, 2.05) is 0 Å². The van der Waals surface area contributed by atoms with Crippen molar-refractivity contribution in [1.29, 1.82) is 0 Å². The molecule has 0 aromatic carbocycles. The molecular formula is C14H27NO. The van der Waals surface area contributed by atoms with Crippen LogP contribution in [0, 0.1) is 17.3 Å². The standard InChI is InChI=1S/C14H27NO/c1-11-3-4-12(2)13(9-11)15-10-14(5-6-14)7-8-16/h11-13,15-16H,3-10H2,1-2H3. The van der Waals surface area contributed by atoms with Gasteiger partial charge in [-0.3, -0.25) is 0 Å². The van der Waals surface area contributed by atoms with Gasteiger partial charge in [-0.15, -0.1) is 0 Å². The predicted molar refractivity (Wildman–Crippen MR) is 67.3 cm³/mol. The van der Waals surface area contributed by atoms with Crippen molar-refractivity contribution in [3.8, 4) is 0 Å². The molecule has 0 saturated heterocycles. The Kier molecular flexibility index (Phi) is 3.91. The maximum atomic E-state index is 9.05. The molecule has 2 aliphatic carbocycles. The topological polar surface area (TPSA) is 32.3 Å². The summed E-state index contributed by atoms with van der Waals surface area (Å²) in [6.45, 7) is 6.25. The van der Waals surface area contributed by atoms with E-state index in [0.29, 0.717) is 12.0 Å². The van der Waals surface area contributed by atoms with E-state index in [1.54, 1.807) is 0 Å². The highest BCUT2D eigenvalue weighted by Crippen LogP contribution is 2.48. The lowest BCUT2D eigenvalue weighted by molar-refractivity contribution is 0.202. The Morgan fingerprint density at radius 1 is 1.25 bits per heavy atom. The van der Waals surface area contributed by atoms with Crippen LogP contribution in [-0.4, -0.2) is 24.3 Å². The smallest absolute Gasteiger partial charge is 0.0436 e. The molecule has 0 heterocycles. The summed E-state index contributed by atoms with van der Waals surface area (Å²) < 4.78 is 0. The highest BCUT2D eigenvalue weighted by atomic mass is 16.3. The third-order valence-corrected chi connectivity index (χ3v) is 4.80. The van der Waals surface area contributed by atoms with E-state index in [4.69, 9.17) is 5.11 Å². The van der Waals surface area contributed by atoms with Crippen molar-refractivity contribution in [2.75, 3.05) is 13.2 Å². The summed E-state index contributed by atoms with van der Waals surface area (Å²) in [5, 5.41) is 12.8. The zero-order valence-corrected chi connectivity index (χ0v) is 10.8. The molecule has 2 saturated carbocycles. The molecular weight excluding hydrogens is 198 g/mol. The quantitative estimate of drug-likeness (QED) is 0.753. The van der Waals surface area contributed by atoms with Crippen molar-refractivity contribution < 1.29 is 5.11 Å². The van der Waals surface area contributed by atoms with Crippen LogP contribution >= 0.6 is 0 Å². The van der Waals surface area contributed by atoms with Crippen molar-refractivity contribution in [3.05, 3.63) is 0 Å². The number of hydrogen-bond donors (Lipinski definition) is 2. The second kappa shape index (κ2) is 5.05. The Hall–Kier alpha value is -0.0800. The minimum absolute atomic E-state index is 0.359. The van der Waals surface area contributed by atoms with E-state index in [1.165, 1.54) is 32.1 Å². The van der Waals surface area contributed by atoms with Gasteiger partial charge in [0.1, 0.15) is 0 Å². The Morgan fingerprint density at radius 2 is 2.00 bits per heavy atom. The lowest BCUT2D eigenvalue weighted by Crippen LogP contribution is -2.42. The van der Waals surface area contributed by atoms with Gasteiger partial charge in [-0.05, 0) is 49.4 Å². The normalized spacial score (nSPS) is 37.3. The number of hydrogen-bond acceptors (Lipinski definition) is 2. The lowest BCUT2D eigenvalue weighted by Gasteiger charge is -2.34. The zero-order valence-electron chi connectivity index (χ0n) is 10.8. The summed E-state index contributed by atoms with van der Waals surface area (Å²) in [6.07, 6.45) is 7.76. The monoisotopic (exact) mass is 225 g/mol. The van der Waals surface area contributed by atoms with E-state index in [0.717, 1.165) is 30.8 Å². The van der Waals surface area contributed by atoms with Gasteiger partial charge in [0.2, 0.25) is 0 Å². The number of aliphatic hydroxyl groups is 1. The van der Waals surface area contributed by atoms with E-state index in [-0.39, 0.29) is 0 Å². The van der Waals surface area contributed by atoms with Gasteiger partial charge in [-0.1, -0.05) is 20.3 Å². The van der Waals surface area contributed by atoms with Gasteiger partial charge < -0.3 is 10.4 Å². The van der Waals surface area contributed by atoms with Gasteiger partial charge in [0, 0.05) is 19.2 Å². The molecule has 0 bridgehead atoms. The van der Waals surface area contributed by atoms with Crippen LogP contribution in [0.2, 0.25) is 0 Å². The molecule has 2 N–H and O–H groups in total. The minimum atomic E-state index is 0.359. The number of aliphatic hydroxyl groups excluding tert-OH is 1. The maximum absolute atomic E-state index is 9.05. The van der Waals surface area contributed by atoms with E-state index in [9.17, 15) is 0 Å². The Bertz CT molecular complexity index is 225. The fraction of sp³-hybridized carbons (Fsp3) is 1.00. The van der Waals surface area contributed by atoms with Crippen molar-refractivity contribution in [2.45, 2.75) is 58.4 Å². The molecule has 0 aromatic heterocycles. The second-order valence-electron chi connectivity index (χ2n) is 6.36. The van der Waals surface area contributed by atoms with Crippen LogP contribution in [0.1, 0.15) is 52.4 Å². The molecule has 16 heavy (non-hydrogen) atoms. The van der Waals surface area contributed by atoms with Crippen LogP contribution in [0.3, 0.4) is 0 Å². The van der Waals surface area contributed by atoms with Crippen LogP contribution in [0.15, 0.2) is 0 Å². The average molecular weight is 225 g/mol. The Labute approximate surface area is 99.8 Å². The molecule has 0 aromatic rings. The Morgan fingerprint density at radius 3 is 2.62 bits per heavy atom. The average Bonchev–Trinajstić information content (AvgIpc) is 3.01. The van der Waals surface area contributed by atoms with E-state index in [2.05, 4.69) is 19.2 Å². The van der Waals surface area contributed by atoms with Crippen LogP contribution in [0.5, 0.6) is 0 Å². The minimum Gasteiger partial charge on any atom is -0.396 e. The lowest BCUT2D eigenvalue weighted by atomic mass is 9.80. The van der Waals surface area contributed by atoms with Gasteiger partial charge >= 0.3 is 0 Å². The molecule has 3 atom stereocenters. The summed E-state index contributed by atoms with van der Waals surface area (Å²) in [5.41, 5.74) is 0.467. The largest absolute Gasteiger partial charge is 0.396 e. The summed E-state index contributed by atoms with van der Waals surface area (Å²) in [5.74, 6) is 1.72. The third-order valence-electron chi connectivity index (χ3n) is 4.80. The third kappa shape index (κ3) is 2.98. The first-order valence-corrected chi connectivity index (χ1v) is 6.99. The predicted octanol–water partition coefficient (Wildman–Crippen LogP) is 2.56. The van der Waals surface area contributed by atoms with Crippen LogP contribution in [0.25, 0.3) is 0 Å². The molecule has 2 nitrogen and oxygen atoms in total. The molecule has 2 heteroatoms. The van der Waals surface area contributed by atoms with Crippen molar-refractivity contribution >= 4 is 0 Å². The summed E-state index contributed by atoms with van der Waals surface area (Å²) in [4.78, 5) is 0. The molecule has 2 fully saturated rings. The fourth-order valence-corrected chi connectivity index (χ4v) is 3.09. The molecule has 0 radical (unpaired) electrons. The van der Waals surface area contributed by atoms with Gasteiger partial charge in [-0.25, -0.2) is 0 Å². The molecule has 3 unspecified atom stereocenters. The SMILES string of the molecule is CC1CCC(C)C(NCC2(CCO)CC2)C1. The van der Waals surface area contributed by atoms with E-state index < -0.39 is 0 Å². The molecule has 0 aliphatic heterocycles. The van der Waals surface area contributed by atoms with Gasteiger partial charge in [0.25, 0.3) is 0 Å². The maximum Gasteiger partial charge on any atom is 0.0436 e. The van der Waals surface area contributed by atoms with Crippen molar-refractivity contribution in [2.24, 2.45) is 17.3 Å². The summed E-state index contributed by atoms with van der Waals surface area (Å²) >= 11 is 0. The van der Waals surface area contributed by atoms with Crippen LogP contribution in [-0.2, 0) is 0 Å². The van der Waals surface area contributed by atoms with Crippen LogP contribution in [0.4, 0.5) is 0 Å². The molecule has 0 amide bonds. The van der Waals surface area contributed by atoms with Gasteiger partial charge in [0.15, 0.2) is 0 Å². The molecule has 2 rings (SSSR count). The van der Waals surface area contributed by atoms with Crippen molar-refractivity contribution in [1.82, 2.24) is 5.32 Å². The first-order valence-electron chi connectivity index (χ1n) is 6.99.